The van der Waals surface area contributed by atoms with Crippen LogP contribution < -0.4 is 5.73 Å². The van der Waals surface area contributed by atoms with E-state index in [2.05, 4.69) is 18.2 Å². The molecule has 8 heavy (non-hydrogen) atoms. The average Bonchev–Trinajstić information content (AvgIpc) is 1.72. The van der Waals surface area contributed by atoms with Crippen molar-refractivity contribution in [1.82, 2.24) is 0 Å². The Kier molecular flexibility index (Phi) is 12.0. The van der Waals surface area contributed by atoms with E-state index in [9.17, 15) is 4.79 Å². The number of ether oxygens (including phenoxy) is 1. The maximum absolute atomic E-state index is 9.60. The summed E-state index contributed by atoms with van der Waals surface area (Å²) in [7, 11) is 3.25. The summed E-state index contributed by atoms with van der Waals surface area (Å²) in [5, 5.41) is 0. The Hall–Kier alpha value is -0.865. The molecule has 0 aromatic heterocycles. The summed E-state index contributed by atoms with van der Waals surface area (Å²) in [6.45, 7) is 2.06. The summed E-state index contributed by atoms with van der Waals surface area (Å²) in [5.41, 5.74) is 4.54. The Morgan fingerprint density at radius 3 is 2.12 bits per heavy atom. The van der Waals surface area contributed by atoms with Crippen molar-refractivity contribution < 1.29 is 14.2 Å². The molecule has 0 aromatic carbocycles. The molecule has 0 spiro atoms. The topological polar surface area (TPSA) is 69.4 Å². The molecular formula is C3H7BNO3. The van der Waals surface area contributed by atoms with E-state index in [0.29, 0.717) is 6.61 Å². The summed E-state index contributed by atoms with van der Waals surface area (Å²) in [6, 6.07) is 0. The number of carbonyl (C=O) groups excluding carboxylic acids is 1. The number of hydrogen-bond acceptors (Lipinski definition) is 3. The van der Waals surface area contributed by atoms with Crippen molar-refractivity contribution >= 4 is 13.8 Å². The Morgan fingerprint density at radius 2 is 2.12 bits per heavy atom. The molecule has 1 amide bonds. The Labute approximate surface area is 48.4 Å². The first kappa shape index (κ1) is 10.2. The van der Waals surface area contributed by atoms with Gasteiger partial charge in [0.15, 0.2) is 0 Å². The maximum atomic E-state index is 9.60. The molecule has 0 aliphatic heterocycles. The third-order valence-corrected chi connectivity index (χ3v) is 0.287. The van der Waals surface area contributed by atoms with Gasteiger partial charge in [-0.2, -0.15) is 0 Å². The van der Waals surface area contributed by atoms with Crippen LogP contribution in [-0.2, 0) is 9.44 Å². The monoisotopic (exact) mass is 116 g/mol. The zero-order valence-corrected chi connectivity index (χ0v) is 4.59. The van der Waals surface area contributed by atoms with Crippen molar-refractivity contribution in [2.45, 2.75) is 6.92 Å². The van der Waals surface area contributed by atoms with E-state index in [0.717, 1.165) is 0 Å². The van der Waals surface area contributed by atoms with Crippen LogP contribution in [0.15, 0.2) is 0 Å². The third kappa shape index (κ3) is 19.3. The van der Waals surface area contributed by atoms with E-state index in [1.165, 1.54) is 0 Å². The van der Waals surface area contributed by atoms with Gasteiger partial charge in [0.05, 0.1) is 6.61 Å². The van der Waals surface area contributed by atoms with Gasteiger partial charge < -0.3 is 10.5 Å². The molecular weight excluding hydrogens is 109 g/mol. The van der Waals surface area contributed by atoms with Crippen molar-refractivity contribution in [3.8, 4) is 0 Å². The molecule has 0 atom stereocenters. The fourth-order valence-corrected chi connectivity index (χ4v) is 0.142. The summed E-state index contributed by atoms with van der Waals surface area (Å²) >= 11 is 0. The number of carbonyl (C=O) groups is 1. The van der Waals surface area contributed by atoms with Crippen LogP contribution in [0.4, 0.5) is 4.79 Å². The molecule has 0 heterocycles. The zero-order valence-electron chi connectivity index (χ0n) is 4.59. The second kappa shape index (κ2) is 9.46. The Balaban J connectivity index is 0. The van der Waals surface area contributed by atoms with E-state index < -0.39 is 6.09 Å². The van der Waals surface area contributed by atoms with Crippen LogP contribution in [0, 0.1) is 0 Å². The van der Waals surface area contributed by atoms with Crippen molar-refractivity contribution in [2.24, 2.45) is 5.73 Å². The quantitative estimate of drug-likeness (QED) is 0.474. The molecule has 0 bridgehead atoms. The van der Waals surface area contributed by atoms with Gasteiger partial charge in [-0.3, -0.25) is 0 Å². The predicted octanol–water partition coefficient (Wildman–Crippen LogP) is -0.398. The van der Waals surface area contributed by atoms with E-state index in [-0.39, 0.29) is 0 Å². The van der Waals surface area contributed by atoms with Crippen LogP contribution in [0.3, 0.4) is 0 Å². The summed E-state index contributed by atoms with van der Waals surface area (Å²) < 4.78 is 11.9. The predicted molar refractivity (Wildman–Crippen MR) is 27.6 cm³/mol. The summed E-state index contributed by atoms with van der Waals surface area (Å²) in [5.74, 6) is 0. The van der Waals surface area contributed by atoms with Crippen LogP contribution >= 0.6 is 0 Å². The molecule has 4 nitrogen and oxygen atoms in total. The Morgan fingerprint density at radius 1 is 1.75 bits per heavy atom. The number of primary amides is 1. The summed E-state index contributed by atoms with van der Waals surface area (Å²) in [6.07, 6.45) is -0.711. The number of rotatable bonds is 1. The van der Waals surface area contributed by atoms with Crippen LogP contribution in [0.25, 0.3) is 0 Å². The van der Waals surface area contributed by atoms with Gasteiger partial charge in [-0.25, -0.2) is 4.79 Å². The van der Waals surface area contributed by atoms with Crippen molar-refractivity contribution in [1.29, 1.82) is 0 Å². The van der Waals surface area contributed by atoms with Crippen LogP contribution in [-0.4, -0.2) is 20.4 Å². The first-order valence-electron chi connectivity index (χ1n) is 1.93. The van der Waals surface area contributed by atoms with Crippen molar-refractivity contribution in [3.63, 3.8) is 0 Å². The van der Waals surface area contributed by atoms with E-state index in [1.54, 1.807) is 6.92 Å². The molecule has 1 radical (unpaired) electrons. The van der Waals surface area contributed by atoms with Gasteiger partial charge in [0.1, 0.15) is 0 Å². The van der Waals surface area contributed by atoms with E-state index in [4.69, 9.17) is 4.70 Å². The molecule has 0 aliphatic carbocycles. The van der Waals surface area contributed by atoms with Gasteiger partial charge in [-0.05, 0) is 6.92 Å². The van der Waals surface area contributed by atoms with Crippen molar-refractivity contribution in [3.05, 3.63) is 0 Å². The van der Waals surface area contributed by atoms with E-state index in [1.807, 2.05) is 0 Å². The van der Waals surface area contributed by atoms with Crippen LogP contribution in [0.1, 0.15) is 6.92 Å². The fraction of sp³-hybridized carbons (Fsp3) is 0.667. The molecule has 0 aliphatic rings. The van der Waals surface area contributed by atoms with Crippen molar-refractivity contribution in [2.75, 3.05) is 6.61 Å². The first-order valence-corrected chi connectivity index (χ1v) is 1.93. The second-order valence-electron chi connectivity index (χ2n) is 0.752. The minimum absolute atomic E-state index is 0.356. The molecule has 2 N–H and O–H groups in total. The molecule has 0 saturated heterocycles. The average molecular weight is 116 g/mol. The first-order chi connectivity index (χ1) is 3.77. The Bertz CT molecular complexity index is 67.5. The SMILES string of the molecule is CCOC(N)=O.[B]=O. The number of nitrogens with two attached hydrogens (primary N) is 1. The van der Waals surface area contributed by atoms with Gasteiger partial charge in [-0.1, -0.05) is 0 Å². The normalized spacial score (nSPS) is 6.00. The van der Waals surface area contributed by atoms with Gasteiger partial charge >= 0.3 is 18.5 Å². The molecule has 0 rings (SSSR count). The van der Waals surface area contributed by atoms with E-state index >= 15 is 0 Å². The van der Waals surface area contributed by atoms with Gasteiger partial charge in [-0.15, -0.1) is 0 Å². The standard InChI is InChI=1S/C3H7NO2.BO/c1-2-6-3(4)5;1-2/h2H2,1H3,(H2,4,5);. The molecule has 0 aromatic rings. The third-order valence-electron chi connectivity index (χ3n) is 0.287. The molecule has 0 saturated carbocycles. The molecule has 45 valence electrons. The van der Waals surface area contributed by atoms with Gasteiger partial charge in [0.25, 0.3) is 0 Å². The van der Waals surface area contributed by atoms with Crippen LogP contribution in [0.5, 0.6) is 0 Å². The molecule has 5 heteroatoms. The summed E-state index contributed by atoms with van der Waals surface area (Å²) in [4.78, 5) is 9.60. The van der Waals surface area contributed by atoms with Crippen LogP contribution in [0.2, 0.25) is 0 Å². The molecule has 0 fully saturated rings. The minimum atomic E-state index is -0.711. The second-order valence-corrected chi connectivity index (χ2v) is 0.752. The number of hydrogen-bond donors (Lipinski definition) is 1. The van der Waals surface area contributed by atoms with Gasteiger partial charge in [0, 0.05) is 0 Å². The van der Waals surface area contributed by atoms with Gasteiger partial charge in [0.2, 0.25) is 0 Å². The zero-order chi connectivity index (χ0) is 6.99. The fourth-order valence-electron chi connectivity index (χ4n) is 0.142. The molecule has 0 unspecified atom stereocenters. The number of amides is 1.